The Morgan fingerprint density at radius 2 is 2.03 bits per heavy atom. The number of hydrogen-bond donors (Lipinski definition) is 1. The third-order valence-electron chi connectivity index (χ3n) is 5.98. The van der Waals surface area contributed by atoms with Gasteiger partial charge in [0, 0.05) is 23.4 Å². The predicted molar refractivity (Wildman–Crippen MR) is 125 cm³/mol. The average Bonchev–Trinajstić information content (AvgIpc) is 3.07. The highest BCUT2D eigenvalue weighted by Crippen LogP contribution is 2.41. The number of aryl methyl sites for hydroxylation is 1. The van der Waals surface area contributed by atoms with E-state index in [1.165, 1.54) is 33.6 Å². The fourth-order valence-electron chi connectivity index (χ4n) is 4.19. The van der Waals surface area contributed by atoms with Crippen LogP contribution in [-0.4, -0.2) is 58.6 Å². The molecule has 2 aromatic heterocycles. The lowest BCUT2D eigenvalue weighted by Crippen LogP contribution is -3.12. The van der Waals surface area contributed by atoms with Crippen LogP contribution in [-0.2, 0) is 24.1 Å². The van der Waals surface area contributed by atoms with Crippen molar-refractivity contribution in [3.63, 3.8) is 0 Å². The van der Waals surface area contributed by atoms with Crippen LogP contribution in [0.3, 0.4) is 0 Å². The Balaban J connectivity index is 1.71. The van der Waals surface area contributed by atoms with Crippen molar-refractivity contribution < 1.29 is 9.64 Å². The Kier molecular flexibility index (Phi) is 7.06. The second kappa shape index (κ2) is 9.56. The van der Waals surface area contributed by atoms with E-state index in [-0.39, 0.29) is 0 Å². The van der Waals surface area contributed by atoms with Gasteiger partial charge in [-0.25, -0.2) is 9.97 Å². The number of morpholine rings is 1. The largest absolute Gasteiger partial charge is 0.370 e. The summed E-state index contributed by atoms with van der Waals surface area (Å²) in [5.74, 6) is 1.71. The zero-order valence-corrected chi connectivity index (χ0v) is 20.1. The second-order valence-corrected chi connectivity index (χ2v) is 10.8. The molecule has 1 N–H and O–H groups in total. The molecule has 0 bridgehead atoms. The zero-order chi connectivity index (χ0) is 20.4. The standard InChI is InChI=1S/C21H30N4OS3/c1-4-25(5-2)21(27)29-20-18-15-7-6-14(3)12-16(15)28-19(18)22-17(23-20)13-24-8-10-26-11-9-24/h14H,4-13H2,1-3H3/p+1. The molecule has 158 valence electrons. The van der Waals surface area contributed by atoms with E-state index in [4.69, 9.17) is 26.9 Å². The van der Waals surface area contributed by atoms with Gasteiger partial charge in [0.25, 0.3) is 0 Å². The molecule has 8 heteroatoms. The van der Waals surface area contributed by atoms with Crippen LogP contribution in [0, 0.1) is 5.92 Å². The SMILES string of the molecule is CCN(CC)C(=S)Sc1nc(C[NH+]2CCOCC2)nc2sc3c(c12)CCC(C)C3. The predicted octanol–water partition coefficient (Wildman–Crippen LogP) is 2.95. The van der Waals surface area contributed by atoms with E-state index in [1.807, 2.05) is 11.3 Å². The second-order valence-electron chi connectivity index (χ2n) is 8.06. The number of thiocarbonyl (C=S) groups is 1. The van der Waals surface area contributed by atoms with E-state index in [2.05, 4.69) is 25.7 Å². The molecule has 1 aliphatic heterocycles. The van der Waals surface area contributed by atoms with Crippen molar-refractivity contribution in [3.8, 4) is 0 Å². The first-order valence-corrected chi connectivity index (χ1v) is 12.8. The number of hydrogen-bond acceptors (Lipinski definition) is 6. The lowest BCUT2D eigenvalue weighted by atomic mass is 9.89. The number of fused-ring (bicyclic) bond motifs is 3. The fraction of sp³-hybridized carbons (Fsp3) is 0.667. The maximum atomic E-state index is 5.78. The van der Waals surface area contributed by atoms with Crippen LogP contribution in [0.5, 0.6) is 0 Å². The van der Waals surface area contributed by atoms with Crippen molar-refractivity contribution in [3.05, 3.63) is 16.3 Å². The van der Waals surface area contributed by atoms with Crippen molar-refractivity contribution in [1.29, 1.82) is 0 Å². The number of thioether (sulfide) groups is 1. The number of nitrogens with one attached hydrogen (secondary N) is 1. The van der Waals surface area contributed by atoms with Gasteiger partial charge in [-0.15, -0.1) is 11.3 Å². The molecule has 1 fully saturated rings. The third-order valence-corrected chi connectivity index (χ3v) is 8.56. The van der Waals surface area contributed by atoms with Crippen molar-refractivity contribution >= 4 is 49.9 Å². The molecule has 2 aromatic rings. The molecule has 1 unspecified atom stereocenters. The molecule has 0 spiro atoms. The molecule has 0 aromatic carbocycles. The van der Waals surface area contributed by atoms with Crippen LogP contribution < -0.4 is 4.90 Å². The normalized spacial score (nSPS) is 20.0. The molecule has 0 saturated carbocycles. The van der Waals surface area contributed by atoms with Crippen molar-refractivity contribution in [1.82, 2.24) is 14.9 Å². The summed E-state index contributed by atoms with van der Waals surface area (Å²) in [6.07, 6.45) is 3.56. The molecular formula is C21H31N4OS3+. The van der Waals surface area contributed by atoms with Crippen molar-refractivity contribution in [2.24, 2.45) is 5.92 Å². The van der Waals surface area contributed by atoms with Crippen molar-refractivity contribution in [2.45, 2.75) is 51.6 Å². The first kappa shape index (κ1) is 21.4. The van der Waals surface area contributed by atoms with Crippen LogP contribution in [0.15, 0.2) is 5.03 Å². The summed E-state index contributed by atoms with van der Waals surface area (Å²) in [7, 11) is 0. The quantitative estimate of drug-likeness (QED) is 0.428. The molecule has 1 aliphatic carbocycles. The molecule has 1 atom stereocenters. The van der Waals surface area contributed by atoms with Gasteiger partial charge in [0.1, 0.15) is 33.8 Å². The van der Waals surface area contributed by atoms with Gasteiger partial charge in [0.05, 0.1) is 13.2 Å². The van der Waals surface area contributed by atoms with E-state index < -0.39 is 0 Å². The maximum Gasteiger partial charge on any atom is 0.186 e. The highest BCUT2D eigenvalue weighted by Gasteiger charge is 2.26. The van der Waals surface area contributed by atoms with Gasteiger partial charge in [-0.3, -0.25) is 0 Å². The molecule has 0 amide bonds. The van der Waals surface area contributed by atoms with E-state index in [9.17, 15) is 0 Å². The van der Waals surface area contributed by atoms with Crippen LogP contribution in [0.25, 0.3) is 10.2 Å². The van der Waals surface area contributed by atoms with Crippen molar-refractivity contribution in [2.75, 3.05) is 39.4 Å². The smallest absolute Gasteiger partial charge is 0.186 e. The number of nitrogens with zero attached hydrogens (tertiary/aromatic N) is 3. The molecular weight excluding hydrogens is 420 g/mol. The lowest BCUT2D eigenvalue weighted by Gasteiger charge is -2.23. The number of aromatic nitrogens is 2. The van der Waals surface area contributed by atoms with Crippen LogP contribution >= 0.6 is 35.3 Å². The van der Waals surface area contributed by atoms with Crippen LogP contribution in [0.4, 0.5) is 0 Å². The van der Waals surface area contributed by atoms with Crippen LogP contribution in [0.2, 0.25) is 0 Å². The maximum absolute atomic E-state index is 5.78. The Labute approximate surface area is 187 Å². The number of ether oxygens (including phenoxy) is 1. The number of rotatable bonds is 5. The summed E-state index contributed by atoms with van der Waals surface area (Å²) in [5, 5.41) is 2.35. The van der Waals surface area contributed by atoms with E-state index >= 15 is 0 Å². The zero-order valence-electron chi connectivity index (χ0n) is 17.6. The summed E-state index contributed by atoms with van der Waals surface area (Å²) >= 11 is 9.33. The number of thiophene rings is 1. The summed E-state index contributed by atoms with van der Waals surface area (Å²) in [5.41, 5.74) is 1.48. The Morgan fingerprint density at radius 3 is 2.76 bits per heavy atom. The fourth-order valence-corrected chi connectivity index (χ4v) is 7.18. The molecule has 2 aliphatic rings. The minimum atomic E-state index is 0.758. The minimum absolute atomic E-state index is 0.758. The monoisotopic (exact) mass is 451 g/mol. The average molecular weight is 452 g/mol. The highest BCUT2D eigenvalue weighted by molar-refractivity contribution is 8.23. The summed E-state index contributed by atoms with van der Waals surface area (Å²) in [6.45, 7) is 13.1. The topological polar surface area (TPSA) is 42.7 Å². The molecule has 5 nitrogen and oxygen atoms in total. The molecule has 3 heterocycles. The van der Waals surface area contributed by atoms with Gasteiger partial charge in [0.15, 0.2) is 5.82 Å². The first-order chi connectivity index (χ1) is 14.1. The van der Waals surface area contributed by atoms with Gasteiger partial charge < -0.3 is 14.5 Å². The molecule has 1 saturated heterocycles. The van der Waals surface area contributed by atoms with Gasteiger partial charge in [-0.05, 0) is 56.4 Å². The highest BCUT2D eigenvalue weighted by atomic mass is 32.2. The van der Waals surface area contributed by atoms with Gasteiger partial charge in [-0.2, -0.15) is 0 Å². The summed E-state index contributed by atoms with van der Waals surface area (Å²) in [6, 6.07) is 0. The summed E-state index contributed by atoms with van der Waals surface area (Å²) < 4.78 is 6.43. The Hall–Kier alpha value is -0.800. The van der Waals surface area contributed by atoms with Gasteiger partial charge in [-0.1, -0.05) is 19.1 Å². The number of quaternary nitrogens is 1. The van der Waals surface area contributed by atoms with E-state index in [1.54, 1.807) is 11.8 Å². The molecule has 29 heavy (non-hydrogen) atoms. The molecule has 4 rings (SSSR count). The van der Waals surface area contributed by atoms with E-state index in [0.29, 0.717) is 0 Å². The Bertz CT molecular complexity index is 874. The minimum Gasteiger partial charge on any atom is -0.370 e. The summed E-state index contributed by atoms with van der Waals surface area (Å²) in [4.78, 5) is 16.5. The van der Waals surface area contributed by atoms with E-state index in [0.717, 1.165) is 78.3 Å². The van der Waals surface area contributed by atoms with Gasteiger partial charge >= 0.3 is 0 Å². The van der Waals surface area contributed by atoms with Gasteiger partial charge in [0.2, 0.25) is 0 Å². The Morgan fingerprint density at radius 1 is 1.28 bits per heavy atom. The first-order valence-electron chi connectivity index (χ1n) is 10.8. The molecule has 0 radical (unpaired) electrons. The third kappa shape index (κ3) is 4.77. The lowest BCUT2D eigenvalue weighted by molar-refractivity contribution is -0.922. The van der Waals surface area contributed by atoms with Crippen LogP contribution in [0.1, 0.15) is 43.5 Å².